The van der Waals surface area contributed by atoms with E-state index in [0.29, 0.717) is 30.6 Å². The molecule has 0 radical (unpaired) electrons. The lowest BCUT2D eigenvalue weighted by Crippen LogP contribution is -2.35. The van der Waals surface area contributed by atoms with Gasteiger partial charge in [-0.3, -0.25) is 0 Å². The van der Waals surface area contributed by atoms with Gasteiger partial charge in [-0.1, -0.05) is 0 Å². The van der Waals surface area contributed by atoms with Crippen molar-refractivity contribution in [1.82, 2.24) is 14.5 Å². The molecule has 2 aliphatic heterocycles. The van der Waals surface area contributed by atoms with Crippen LogP contribution in [0.5, 0.6) is 11.5 Å². The van der Waals surface area contributed by atoms with Crippen molar-refractivity contribution in [3.63, 3.8) is 0 Å². The van der Waals surface area contributed by atoms with Crippen LogP contribution < -0.4 is 14.6 Å². The molecule has 10 heteroatoms. The van der Waals surface area contributed by atoms with Gasteiger partial charge in [-0.15, -0.1) is 0 Å². The van der Waals surface area contributed by atoms with E-state index < -0.39 is 15.6 Å². The second-order valence-corrected chi connectivity index (χ2v) is 11.6. The van der Waals surface area contributed by atoms with Gasteiger partial charge in [0.2, 0.25) is 10.0 Å². The summed E-state index contributed by atoms with van der Waals surface area (Å²) in [5.74, 6) is 0.785. The molecule has 0 bridgehead atoms. The van der Waals surface area contributed by atoms with Crippen LogP contribution in [-0.4, -0.2) is 54.7 Å². The molecule has 1 saturated heterocycles. The summed E-state index contributed by atoms with van der Waals surface area (Å²) < 4.78 is 51.7. The molecule has 3 heterocycles. The van der Waals surface area contributed by atoms with Gasteiger partial charge < -0.3 is 18.9 Å². The third-order valence-corrected chi connectivity index (χ3v) is 7.68. The zero-order chi connectivity index (χ0) is 24.8. The number of hydrogen-bond donors (Lipinski definition) is 1. The minimum Gasteiger partial charge on any atom is -0.490 e. The van der Waals surface area contributed by atoms with Crippen molar-refractivity contribution in [2.24, 2.45) is 5.14 Å². The lowest BCUT2D eigenvalue weighted by molar-refractivity contribution is 0.130. The van der Waals surface area contributed by atoms with Gasteiger partial charge in [0.1, 0.15) is 11.4 Å². The van der Waals surface area contributed by atoms with E-state index >= 15 is 0 Å². The number of nitrogens with zero attached hydrogens (tertiary/aromatic N) is 3. The molecule has 5 rings (SSSR count). The SMILES string of the molecule is CC1(C)Cc2cc(S(N)(=O)=O)cc(OCCCN3CCC(n4cnc5ccc(F)cc54)CC3)c2O1. The van der Waals surface area contributed by atoms with Crippen molar-refractivity contribution in [3.8, 4) is 11.5 Å². The van der Waals surface area contributed by atoms with E-state index in [1.165, 1.54) is 12.1 Å². The number of aromatic nitrogens is 2. The van der Waals surface area contributed by atoms with Gasteiger partial charge in [-0.25, -0.2) is 22.9 Å². The van der Waals surface area contributed by atoms with E-state index in [9.17, 15) is 12.8 Å². The number of nitrogens with two attached hydrogens (primary N) is 1. The van der Waals surface area contributed by atoms with Gasteiger partial charge >= 0.3 is 0 Å². The minimum absolute atomic E-state index is 0.0431. The third-order valence-electron chi connectivity index (χ3n) is 6.79. The van der Waals surface area contributed by atoms with E-state index in [1.54, 1.807) is 18.2 Å². The van der Waals surface area contributed by atoms with Gasteiger partial charge in [0.15, 0.2) is 11.5 Å². The molecule has 3 aromatic rings. The maximum atomic E-state index is 13.7. The fraction of sp³-hybridized carbons (Fsp3) is 0.480. The van der Waals surface area contributed by atoms with Gasteiger partial charge in [-0.05, 0) is 57.4 Å². The topological polar surface area (TPSA) is 99.7 Å². The van der Waals surface area contributed by atoms with E-state index in [-0.39, 0.29) is 10.7 Å². The number of ether oxygens (including phenoxy) is 2. The Hall–Kier alpha value is -2.69. The smallest absolute Gasteiger partial charge is 0.238 e. The average molecular weight is 503 g/mol. The predicted octanol–water partition coefficient (Wildman–Crippen LogP) is 3.64. The number of imidazole rings is 1. The standard InChI is InChI=1S/C25H31FN4O4S/c1-25(2)15-17-12-20(35(27,31)32)14-23(24(17)34-25)33-11-3-8-29-9-6-19(7-10-29)30-16-28-21-5-4-18(26)13-22(21)30/h4-5,12-14,16,19H,3,6-11,15H2,1-2H3,(H2,27,31,32). The van der Waals surface area contributed by atoms with Crippen molar-refractivity contribution in [1.29, 1.82) is 0 Å². The molecule has 2 aromatic carbocycles. The molecule has 0 spiro atoms. The Balaban J connectivity index is 1.16. The summed E-state index contributed by atoms with van der Waals surface area (Å²) in [6, 6.07) is 8.05. The summed E-state index contributed by atoms with van der Waals surface area (Å²) >= 11 is 0. The fourth-order valence-corrected chi connectivity index (χ4v) is 5.68. The number of halogens is 1. The Morgan fingerprint density at radius 1 is 1.23 bits per heavy atom. The predicted molar refractivity (Wildman–Crippen MR) is 131 cm³/mol. The highest BCUT2D eigenvalue weighted by Crippen LogP contribution is 2.43. The summed E-state index contributed by atoms with van der Waals surface area (Å²) in [6.07, 6.45) is 5.14. The number of sulfonamides is 1. The molecule has 0 atom stereocenters. The summed E-state index contributed by atoms with van der Waals surface area (Å²) in [6.45, 7) is 7.10. The number of fused-ring (bicyclic) bond motifs is 2. The Morgan fingerprint density at radius 2 is 2.00 bits per heavy atom. The van der Waals surface area contributed by atoms with Crippen LogP contribution in [-0.2, 0) is 16.4 Å². The molecule has 0 aliphatic carbocycles. The lowest BCUT2D eigenvalue weighted by atomic mass is 10.0. The first-order valence-corrected chi connectivity index (χ1v) is 13.5. The molecular weight excluding hydrogens is 471 g/mol. The van der Waals surface area contributed by atoms with E-state index in [0.717, 1.165) is 55.5 Å². The number of benzene rings is 2. The molecule has 8 nitrogen and oxygen atoms in total. The number of hydrogen-bond acceptors (Lipinski definition) is 6. The van der Waals surface area contributed by atoms with Crippen molar-refractivity contribution in [2.45, 2.75) is 56.1 Å². The summed E-state index contributed by atoms with van der Waals surface area (Å²) in [4.78, 5) is 6.85. The minimum atomic E-state index is -3.84. The van der Waals surface area contributed by atoms with Gasteiger partial charge in [0.05, 0.1) is 28.9 Å². The molecule has 1 aromatic heterocycles. The number of primary sulfonamides is 1. The molecule has 2 N–H and O–H groups in total. The Labute approximate surface area is 204 Å². The maximum Gasteiger partial charge on any atom is 0.238 e. The molecular formula is C25H31FN4O4S. The molecule has 0 unspecified atom stereocenters. The maximum absolute atomic E-state index is 13.7. The molecule has 188 valence electrons. The number of rotatable bonds is 7. The molecule has 2 aliphatic rings. The molecule has 0 saturated carbocycles. The normalized spacial score (nSPS) is 18.5. The fourth-order valence-electron chi connectivity index (χ4n) is 5.10. The van der Waals surface area contributed by atoms with Crippen LogP contribution in [0.4, 0.5) is 4.39 Å². The van der Waals surface area contributed by atoms with E-state index in [4.69, 9.17) is 14.6 Å². The van der Waals surface area contributed by atoms with Gasteiger partial charge in [0, 0.05) is 43.7 Å². The second-order valence-electron chi connectivity index (χ2n) is 10.1. The van der Waals surface area contributed by atoms with Crippen LogP contribution in [0.15, 0.2) is 41.6 Å². The first kappa shape index (κ1) is 24.0. The van der Waals surface area contributed by atoms with Crippen LogP contribution in [0.1, 0.15) is 44.7 Å². The first-order chi connectivity index (χ1) is 16.6. The zero-order valence-electron chi connectivity index (χ0n) is 20.0. The Bertz CT molecular complexity index is 1350. The molecule has 0 amide bonds. The van der Waals surface area contributed by atoms with Gasteiger partial charge in [-0.2, -0.15) is 0 Å². The van der Waals surface area contributed by atoms with Crippen LogP contribution in [0.3, 0.4) is 0 Å². The third kappa shape index (κ3) is 5.14. The van der Waals surface area contributed by atoms with E-state index in [1.807, 2.05) is 20.2 Å². The average Bonchev–Trinajstić information content (AvgIpc) is 3.35. The van der Waals surface area contributed by atoms with Gasteiger partial charge in [0.25, 0.3) is 0 Å². The highest BCUT2D eigenvalue weighted by Gasteiger charge is 2.34. The lowest BCUT2D eigenvalue weighted by Gasteiger charge is -2.32. The van der Waals surface area contributed by atoms with Crippen LogP contribution >= 0.6 is 0 Å². The largest absolute Gasteiger partial charge is 0.490 e. The van der Waals surface area contributed by atoms with Crippen molar-refractivity contribution in [3.05, 3.63) is 48.0 Å². The van der Waals surface area contributed by atoms with Crippen molar-refractivity contribution in [2.75, 3.05) is 26.2 Å². The summed E-state index contributed by atoms with van der Waals surface area (Å²) in [5.41, 5.74) is 2.03. The molecule has 1 fully saturated rings. The highest BCUT2D eigenvalue weighted by atomic mass is 32.2. The van der Waals surface area contributed by atoms with Crippen molar-refractivity contribution < 1.29 is 22.3 Å². The Morgan fingerprint density at radius 3 is 2.74 bits per heavy atom. The highest BCUT2D eigenvalue weighted by molar-refractivity contribution is 7.89. The number of likely N-dealkylation sites (tertiary alicyclic amines) is 1. The summed E-state index contributed by atoms with van der Waals surface area (Å²) in [5, 5.41) is 5.37. The number of piperidine rings is 1. The zero-order valence-corrected chi connectivity index (χ0v) is 20.9. The quantitative estimate of drug-likeness (QED) is 0.495. The molecule has 35 heavy (non-hydrogen) atoms. The monoisotopic (exact) mass is 502 g/mol. The van der Waals surface area contributed by atoms with Crippen LogP contribution in [0.2, 0.25) is 0 Å². The second kappa shape index (κ2) is 9.07. The first-order valence-electron chi connectivity index (χ1n) is 12.0. The van der Waals surface area contributed by atoms with Crippen LogP contribution in [0.25, 0.3) is 11.0 Å². The summed E-state index contributed by atoms with van der Waals surface area (Å²) in [7, 11) is -3.84. The van der Waals surface area contributed by atoms with Crippen LogP contribution in [0, 0.1) is 5.82 Å². The van der Waals surface area contributed by atoms with Crippen molar-refractivity contribution >= 4 is 21.1 Å². The van der Waals surface area contributed by atoms with E-state index in [2.05, 4.69) is 14.5 Å². The Kier molecular flexibility index (Phi) is 6.23.